The van der Waals surface area contributed by atoms with E-state index >= 15 is 0 Å². The van der Waals surface area contributed by atoms with Crippen LogP contribution < -0.4 is 15.4 Å². The zero-order valence-corrected chi connectivity index (χ0v) is 16.8. The SMILES string of the molecule is CCNC(=NCc1cccc(S(=O)(=O)NC)c1)NCC1(C)CCCS1. The summed E-state index contributed by atoms with van der Waals surface area (Å²) in [5, 5.41) is 6.67. The molecule has 0 radical (unpaired) electrons. The zero-order chi connectivity index (χ0) is 18.3. The Bertz CT molecular complexity index is 698. The number of nitrogens with zero attached hydrogens (tertiary/aromatic N) is 1. The van der Waals surface area contributed by atoms with E-state index < -0.39 is 10.0 Å². The number of nitrogens with one attached hydrogen (secondary N) is 3. The Balaban J connectivity index is 2.04. The lowest BCUT2D eigenvalue weighted by Gasteiger charge is -2.24. The third-order valence-electron chi connectivity index (χ3n) is 4.17. The Kier molecular flexibility index (Phi) is 7.15. The normalized spacial score (nSPS) is 21.3. The molecule has 1 heterocycles. The van der Waals surface area contributed by atoms with Crippen LogP contribution >= 0.6 is 11.8 Å². The second kappa shape index (κ2) is 8.91. The van der Waals surface area contributed by atoms with Crippen LogP contribution in [-0.2, 0) is 16.6 Å². The molecule has 1 aromatic rings. The monoisotopic (exact) mass is 384 g/mol. The van der Waals surface area contributed by atoms with E-state index in [1.165, 1.54) is 25.6 Å². The van der Waals surface area contributed by atoms with E-state index in [9.17, 15) is 8.42 Å². The number of sulfonamides is 1. The van der Waals surface area contributed by atoms with Crippen LogP contribution in [0.15, 0.2) is 34.2 Å². The lowest BCUT2D eigenvalue weighted by atomic mass is 10.1. The van der Waals surface area contributed by atoms with Gasteiger partial charge in [-0.3, -0.25) is 0 Å². The number of hydrogen-bond donors (Lipinski definition) is 3. The van der Waals surface area contributed by atoms with Gasteiger partial charge in [0.05, 0.1) is 11.4 Å². The smallest absolute Gasteiger partial charge is 0.240 e. The summed E-state index contributed by atoms with van der Waals surface area (Å²) in [5.41, 5.74) is 0.856. The predicted octanol–water partition coefficient (Wildman–Crippen LogP) is 1.94. The molecule has 25 heavy (non-hydrogen) atoms. The van der Waals surface area contributed by atoms with Crippen molar-refractivity contribution in [2.75, 3.05) is 25.9 Å². The molecule has 0 aromatic heterocycles. The minimum Gasteiger partial charge on any atom is -0.357 e. The first-order valence-corrected chi connectivity index (χ1v) is 11.0. The summed E-state index contributed by atoms with van der Waals surface area (Å²) in [6.07, 6.45) is 2.48. The standard InChI is InChI=1S/C17H28N4O2S2/c1-4-19-16(21-13-17(2)9-6-10-24-17)20-12-14-7-5-8-15(11-14)25(22,23)18-3/h5,7-8,11,18H,4,6,9-10,12-13H2,1-3H3,(H2,19,20,21). The maximum atomic E-state index is 11.9. The van der Waals surface area contributed by atoms with Gasteiger partial charge in [-0.2, -0.15) is 11.8 Å². The Morgan fingerprint density at radius 1 is 1.36 bits per heavy atom. The van der Waals surface area contributed by atoms with Gasteiger partial charge in [0, 0.05) is 17.8 Å². The van der Waals surface area contributed by atoms with Crippen molar-refractivity contribution in [3.8, 4) is 0 Å². The lowest BCUT2D eigenvalue weighted by molar-refractivity contribution is 0.584. The third-order valence-corrected chi connectivity index (χ3v) is 7.12. The van der Waals surface area contributed by atoms with Gasteiger partial charge in [0.25, 0.3) is 0 Å². The second-order valence-corrected chi connectivity index (χ2v) is 9.87. The van der Waals surface area contributed by atoms with E-state index in [0.29, 0.717) is 6.54 Å². The topological polar surface area (TPSA) is 82.6 Å². The molecule has 1 aliphatic rings. The van der Waals surface area contributed by atoms with Crippen molar-refractivity contribution in [3.63, 3.8) is 0 Å². The van der Waals surface area contributed by atoms with Crippen LogP contribution in [0.4, 0.5) is 0 Å². The second-order valence-electron chi connectivity index (χ2n) is 6.31. The van der Waals surface area contributed by atoms with Crippen LogP contribution in [-0.4, -0.2) is 45.0 Å². The Hall–Kier alpha value is -1.25. The summed E-state index contributed by atoms with van der Waals surface area (Å²) in [6, 6.07) is 6.87. The average Bonchev–Trinajstić information content (AvgIpc) is 3.04. The first kappa shape index (κ1) is 20.1. The molecule has 3 N–H and O–H groups in total. The quantitative estimate of drug-likeness (QED) is 0.494. The summed E-state index contributed by atoms with van der Waals surface area (Å²) in [5.74, 6) is 1.98. The highest BCUT2D eigenvalue weighted by atomic mass is 32.2. The summed E-state index contributed by atoms with van der Waals surface area (Å²) >= 11 is 2.01. The number of aliphatic imine (C=N–C) groups is 1. The van der Waals surface area contributed by atoms with Gasteiger partial charge < -0.3 is 10.6 Å². The Labute approximate surface area is 155 Å². The van der Waals surface area contributed by atoms with Gasteiger partial charge in [-0.05, 0) is 57.2 Å². The van der Waals surface area contributed by atoms with Crippen molar-refractivity contribution >= 4 is 27.7 Å². The number of rotatable bonds is 7. The number of benzene rings is 1. The fourth-order valence-electron chi connectivity index (χ4n) is 2.69. The van der Waals surface area contributed by atoms with Crippen molar-refractivity contribution in [2.24, 2.45) is 4.99 Å². The van der Waals surface area contributed by atoms with Crippen molar-refractivity contribution < 1.29 is 8.42 Å². The molecule has 1 fully saturated rings. The summed E-state index contributed by atoms with van der Waals surface area (Å²) < 4.78 is 26.4. The molecule has 1 aromatic carbocycles. The van der Waals surface area contributed by atoms with Crippen LogP contribution in [0.5, 0.6) is 0 Å². The first-order valence-electron chi connectivity index (χ1n) is 8.57. The molecular weight excluding hydrogens is 356 g/mol. The van der Waals surface area contributed by atoms with Crippen molar-refractivity contribution in [1.82, 2.24) is 15.4 Å². The fraction of sp³-hybridized carbons (Fsp3) is 0.588. The molecule has 2 rings (SSSR count). The molecule has 0 bridgehead atoms. The molecule has 1 aliphatic heterocycles. The van der Waals surface area contributed by atoms with Crippen LogP contribution in [0, 0.1) is 0 Å². The third kappa shape index (κ3) is 5.90. The van der Waals surface area contributed by atoms with Crippen molar-refractivity contribution in [3.05, 3.63) is 29.8 Å². The van der Waals surface area contributed by atoms with E-state index in [2.05, 4.69) is 27.3 Å². The van der Waals surface area contributed by atoms with E-state index in [0.717, 1.165) is 24.6 Å². The molecule has 0 spiro atoms. The minimum absolute atomic E-state index is 0.260. The van der Waals surface area contributed by atoms with E-state index in [-0.39, 0.29) is 9.64 Å². The Morgan fingerprint density at radius 2 is 2.16 bits per heavy atom. The van der Waals surface area contributed by atoms with Crippen LogP contribution in [0.2, 0.25) is 0 Å². The summed E-state index contributed by atoms with van der Waals surface area (Å²) in [4.78, 5) is 4.85. The van der Waals surface area contributed by atoms with Gasteiger partial charge in [0.1, 0.15) is 0 Å². The Morgan fingerprint density at radius 3 is 2.80 bits per heavy atom. The molecule has 1 saturated heterocycles. The van der Waals surface area contributed by atoms with Gasteiger partial charge in [-0.25, -0.2) is 18.1 Å². The number of thioether (sulfide) groups is 1. The first-order chi connectivity index (χ1) is 11.9. The maximum Gasteiger partial charge on any atom is 0.240 e. The van der Waals surface area contributed by atoms with E-state index in [1.54, 1.807) is 18.2 Å². The highest BCUT2D eigenvalue weighted by molar-refractivity contribution is 8.00. The highest BCUT2D eigenvalue weighted by Gasteiger charge is 2.29. The summed E-state index contributed by atoms with van der Waals surface area (Å²) in [7, 11) is -2.02. The number of guanidine groups is 1. The average molecular weight is 385 g/mol. The molecule has 1 unspecified atom stereocenters. The van der Waals surface area contributed by atoms with Crippen molar-refractivity contribution in [2.45, 2.75) is 42.9 Å². The van der Waals surface area contributed by atoms with E-state index in [4.69, 9.17) is 0 Å². The predicted molar refractivity (Wildman–Crippen MR) is 106 cm³/mol. The maximum absolute atomic E-state index is 11.9. The molecule has 6 nitrogen and oxygen atoms in total. The van der Waals surface area contributed by atoms with E-state index in [1.807, 2.05) is 24.8 Å². The molecule has 1 atom stereocenters. The molecule has 140 valence electrons. The van der Waals surface area contributed by atoms with Crippen molar-refractivity contribution in [1.29, 1.82) is 0 Å². The van der Waals surface area contributed by atoms with Gasteiger partial charge in [-0.1, -0.05) is 12.1 Å². The number of hydrogen-bond acceptors (Lipinski definition) is 4. The summed E-state index contributed by atoms with van der Waals surface area (Å²) in [6.45, 7) is 6.39. The van der Waals surface area contributed by atoms with Gasteiger partial charge >= 0.3 is 0 Å². The largest absolute Gasteiger partial charge is 0.357 e. The molecule has 0 saturated carbocycles. The van der Waals surface area contributed by atoms with Crippen LogP contribution in [0.3, 0.4) is 0 Å². The molecular formula is C17H28N4O2S2. The zero-order valence-electron chi connectivity index (χ0n) is 15.1. The fourth-order valence-corrected chi connectivity index (χ4v) is 4.73. The molecule has 0 aliphatic carbocycles. The van der Waals surface area contributed by atoms with Gasteiger partial charge in [-0.15, -0.1) is 0 Å². The molecule has 0 amide bonds. The highest BCUT2D eigenvalue weighted by Crippen LogP contribution is 2.36. The van der Waals surface area contributed by atoms with Gasteiger partial charge in [0.2, 0.25) is 10.0 Å². The lowest BCUT2D eigenvalue weighted by Crippen LogP contribution is -2.43. The minimum atomic E-state index is -3.43. The van der Waals surface area contributed by atoms with Gasteiger partial charge in [0.15, 0.2) is 5.96 Å². The molecule has 8 heteroatoms. The van der Waals surface area contributed by atoms with Crippen LogP contribution in [0.25, 0.3) is 0 Å². The van der Waals surface area contributed by atoms with Crippen LogP contribution in [0.1, 0.15) is 32.3 Å².